The molecule has 0 aliphatic heterocycles. The Morgan fingerprint density at radius 2 is 1.86 bits per heavy atom. The van der Waals surface area contributed by atoms with Crippen molar-refractivity contribution in [3.05, 3.63) is 0 Å². The minimum atomic E-state index is -0.204. The monoisotopic (exact) mass is 304 g/mol. The average Bonchev–Trinajstić information content (AvgIpc) is 2.51. The zero-order valence-electron chi connectivity index (χ0n) is 14.1. The van der Waals surface area contributed by atoms with Gasteiger partial charge in [-0.15, -0.1) is 0 Å². The highest BCUT2D eigenvalue weighted by atomic mass is 16.6. The quantitative estimate of drug-likeness (QED) is 0.365. The van der Waals surface area contributed by atoms with Crippen LogP contribution in [0.15, 0.2) is 0 Å². The molecular formula is C16H32O5. The number of unbranched alkanes of at least 4 members (excludes halogenated alkanes) is 3. The number of carbonyl (C=O) groups excluding carboxylic acids is 1. The Morgan fingerprint density at radius 3 is 2.48 bits per heavy atom. The zero-order chi connectivity index (χ0) is 15.9. The van der Waals surface area contributed by atoms with Gasteiger partial charge in [0.2, 0.25) is 0 Å². The summed E-state index contributed by atoms with van der Waals surface area (Å²) in [7, 11) is 3.06. The van der Waals surface area contributed by atoms with Crippen molar-refractivity contribution < 1.29 is 23.7 Å². The van der Waals surface area contributed by atoms with Crippen molar-refractivity contribution in [3.8, 4) is 0 Å². The summed E-state index contributed by atoms with van der Waals surface area (Å²) in [5, 5.41) is 0. The standard InChI is InChI=1S/C16H32O5/c1-5-6-7-8-11-20-12-15(18-3)13-21-14(2)9-10-16(17)19-4/h14-15H,5-13H2,1-4H3. The van der Waals surface area contributed by atoms with E-state index in [2.05, 4.69) is 11.7 Å². The molecule has 0 aromatic carbocycles. The van der Waals surface area contributed by atoms with E-state index in [4.69, 9.17) is 14.2 Å². The third-order valence-electron chi connectivity index (χ3n) is 3.33. The molecule has 0 fully saturated rings. The van der Waals surface area contributed by atoms with Crippen molar-refractivity contribution in [2.24, 2.45) is 0 Å². The molecular weight excluding hydrogens is 272 g/mol. The number of hydrogen-bond donors (Lipinski definition) is 0. The van der Waals surface area contributed by atoms with E-state index in [0.29, 0.717) is 26.1 Å². The van der Waals surface area contributed by atoms with Gasteiger partial charge in [-0.1, -0.05) is 26.2 Å². The van der Waals surface area contributed by atoms with Crippen molar-refractivity contribution in [2.45, 2.75) is 64.6 Å². The minimum absolute atomic E-state index is 0.00584. The van der Waals surface area contributed by atoms with Gasteiger partial charge in [0.15, 0.2) is 0 Å². The molecule has 2 atom stereocenters. The first-order valence-corrected chi connectivity index (χ1v) is 7.92. The fourth-order valence-electron chi connectivity index (χ4n) is 1.81. The van der Waals surface area contributed by atoms with E-state index in [-0.39, 0.29) is 18.2 Å². The molecule has 21 heavy (non-hydrogen) atoms. The maximum absolute atomic E-state index is 11.0. The van der Waals surface area contributed by atoms with Gasteiger partial charge >= 0.3 is 5.97 Å². The largest absolute Gasteiger partial charge is 0.469 e. The molecule has 2 unspecified atom stereocenters. The lowest BCUT2D eigenvalue weighted by atomic mass is 10.2. The zero-order valence-corrected chi connectivity index (χ0v) is 14.1. The van der Waals surface area contributed by atoms with Gasteiger partial charge in [0.05, 0.1) is 26.4 Å². The molecule has 0 aliphatic carbocycles. The lowest BCUT2D eigenvalue weighted by Gasteiger charge is -2.19. The van der Waals surface area contributed by atoms with Gasteiger partial charge in [0.1, 0.15) is 6.10 Å². The normalized spacial score (nSPS) is 13.9. The molecule has 0 radical (unpaired) electrons. The third-order valence-corrected chi connectivity index (χ3v) is 3.33. The van der Waals surface area contributed by atoms with Crippen LogP contribution in [0.3, 0.4) is 0 Å². The van der Waals surface area contributed by atoms with Crippen LogP contribution in [0, 0.1) is 0 Å². The smallest absolute Gasteiger partial charge is 0.305 e. The number of ether oxygens (including phenoxy) is 4. The predicted molar refractivity (Wildman–Crippen MR) is 82.4 cm³/mol. The Morgan fingerprint density at radius 1 is 1.10 bits per heavy atom. The molecule has 0 aliphatic rings. The predicted octanol–water partition coefficient (Wildman–Crippen LogP) is 2.96. The van der Waals surface area contributed by atoms with Gasteiger partial charge in [-0.2, -0.15) is 0 Å². The molecule has 126 valence electrons. The summed E-state index contributed by atoms with van der Waals surface area (Å²) in [5.74, 6) is -0.204. The topological polar surface area (TPSA) is 54.0 Å². The molecule has 0 saturated carbocycles. The van der Waals surface area contributed by atoms with E-state index in [0.717, 1.165) is 13.0 Å². The minimum Gasteiger partial charge on any atom is -0.469 e. The van der Waals surface area contributed by atoms with Gasteiger partial charge in [-0.3, -0.25) is 4.79 Å². The van der Waals surface area contributed by atoms with Crippen LogP contribution >= 0.6 is 0 Å². The van der Waals surface area contributed by atoms with Crippen molar-refractivity contribution in [3.63, 3.8) is 0 Å². The number of hydrogen-bond acceptors (Lipinski definition) is 5. The van der Waals surface area contributed by atoms with Gasteiger partial charge in [-0.25, -0.2) is 0 Å². The summed E-state index contributed by atoms with van der Waals surface area (Å²) in [6, 6.07) is 0. The molecule has 5 heteroatoms. The molecule has 0 saturated heterocycles. The maximum Gasteiger partial charge on any atom is 0.305 e. The van der Waals surface area contributed by atoms with E-state index in [1.165, 1.54) is 26.4 Å². The lowest BCUT2D eigenvalue weighted by molar-refractivity contribution is -0.141. The fraction of sp³-hybridized carbons (Fsp3) is 0.938. The van der Waals surface area contributed by atoms with Crippen molar-refractivity contribution >= 4 is 5.97 Å². The maximum atomic E-state index is 11.0. The van der Waals surface area contributed by atoms with Crippen LogP contribution in [0.1, 0.15) is 52.4 Å². The molecule has 0 aromatic heterocycles. The SMILES string of the molecule is CCCCCCOCC(COC(C)CCC(=O)OC)OC. The molecule has 0 rings (SSSR count). The Kier molecular flexibility index (Phi) is 13.9. The van der Waals surface area contributed by atoms with Crippen LogP contribution in [-0.4, -0.2) is 52.2 Å². The molecule has 0 aromatic rings. The fourth-order valence-corrected chi connectivity index (χ4v) is 1.81. The van der Waals surface area contributed by atoms with E-state index >= 15 is 0 Å². The molecule has 0 spiro atoms. The molecule has 0 N–H and O–H groups in total. The van der Waals surface area contributed by atoms with Crippen molar-refractivity contribution in [1.29, 1.82) is 0 Å². The Bertz CT molecular complexity index is 245. The summed E-state index contributed by atoms with van der Waals surface area (Å²) >= 11 is 0. The van der Waals surface area contributed by atoms with E-state index in [1.54, 1.807) is 7.11 Å². The first-order chi connectivity index (χ1) is 10.1. The van der Waals surface area contributed by atoms with E-state index in [9.17, 15) is 4.79 Å². The van der Waals surface area contributed by atoms with Crippen LogP contribution in [0.4, 0.5) is 0 Å². The third kappa shape index (κ3) is 12.8. The van der Waals surface area contributed by atoms with Crippen LogP contribution in [0.25, 0.3) is 0 Å². The lowest BCUT2D eigenvalue weighted by Crippen LogP contribution is -2.27. The number of esters is 1. The highest BCUT2D eigenvalue weighted by Gasteiger charge is 2.12. The molecule has 5 nitrogen and oxygen atoms in total. The van der Waals surface area contributed by atoms with Gasteiger partial charge in [-0.05, 0) is 19.8 Å². The second-order valence-corrected chi connectivity index (χ2v) is 5.25. The Hall–Kier alpha value is -0.650. The summed E-state index contributed by atoms with van der Waals surface area (Å²) in [4.78, 5) is 11.0. The van der Waals surface area contributed by atoms with Crippen molar-refractivity contribution in [1.82, 2.24) is 0 Å². The Labute approximate surface area is 129 Å². The summed E-state index contributed by atoms with van der Waals surface area (Å²) < 4.78 is 21.2. The number of rotatable bonds is 14. The summed E-state index contributed by atoms with van der Waals surface area (Å²) in [5.41, 5.74) is 0. The van der Waals surface area contributed by atoms with Crippen LogP contribution in [0.2, 0.25) is 0 Å². The second-order valence-electron chi connectivity index (χ2n) is 5.25. The van der Waals surface area contributed by atoms with Crippen LogP contribution in [-0.2, 0) is 23.7 Å². The van der Waals surface area contributed by atoms with Gasteiger partial charge < -0.3 is 18.9 Å². The van der Waals surface area contributed by atoms with Crippen LogP contribution in [0.5, 0.6) is 0 Å². The van der Waals surface area contributed by atoms with Crippen LogP contribution < -0.4 is 0 Å². The Balaban J connectivity index is 3.61. The molecule has 0 amide bonds. The van der Waals surface area contributed by atoms with E-state index in [1.807, 2.05) is 6.92 Å². The van der Waals surface area contributed by atoms with Gasteiger partial charge in [0, 0.05) is 20.1 Å². The highest BCUT2D eigenvalue weighted by molar-refractivity contribution is 5.69. The van der Waals surface area contributed by atoms with E-state index < -0.39 is 0 Å². The molecule has 0 bridgehead atoms. The highest BCUT2D eigenvalue weighted by Crippen LogP contribution is 2.05. The summed E-state index contributed by atoms with van der Waals surface area (Å²) in [6.07, 6.45) is 5.79. The average molecular weight is 304 g/mol. The summed E-state index contributed by atoms with van der Waals surface area (Å²) in [6.45, 7) is 5.94. The molecule has 0 heterocycles. The first kappa shape index (κ1) is 20.3. The number of methoxy groups -OCH3 is 2. The second kappa shape index (κ2) is 14.3. The first-order valence-electron chi connectivity index (χ1n) is 7.92. The van der Waals surface area contributed by atoms with Gasteiger partial charge in [0.25, 0.3) is 0 Å². The van der Waals surface area contributed by atoms with Crippen molar-refractivity contribution in [2.75, 3.05) is 34.0 Å². The number of carbonyl (C=O) groups is 1.